The third-order valence-electron chi connectivity index (χ3n) is 5.07. The molecule has 30 heavy (non-hydrogen) atoms. The number of rotatable bonds is 5. The molecule has 0 radical (unpaired) electrons. The molecule has 4 nitrogen and oxygen atoms in total. The SMILES string of the molecule is CCOc1cccc([C@H]2CC(c3cccc(Br)c3)=N[C@@H](c3cccc(F)c3)N2)c1O. The summed E-state index contributed by atoms with van der Waals surface area (Å²) in [7, 11) is 0. The van der Waals surface area contributed by atoms with E-state index in [9.17, 15) is 9.50 Å². The minimum atomic E-state index is -0.441. The molecule has 154 valence electrons. The molecule has 0 unspecified atom stereocenters. The third kappa shape index (κ3) is 4.40. The summed E-state index contributed by atoms with van der Waals surface area (Å²) >= 11 is 3.52. The largest absolute Gasteiger partial charge is 0.504 e. The van der Waals surface area contributed by atoms with E-state index >= 15 is 0 Å². The van der Waals surface area contributed by atoms with Gasteiger partial charge in [-0.25, -0.2) is 4.39 Å². The van der Waals surface area contributed by atoms with Crippen LogP contribution in [0.2, 0.25) is 0 Å². The fraction of sp³-hybridized carbons (Fsp3) is 0.208. The van der Waals surface area contributed by atoms with Crippen LogP contribution in [0.4, 0.5) is 4.39 Å². The fourth-order valence-electron chi connectivity index (χ4n) is 3.69. The Morgan fingerprint density at radius 1 is 1.13 bits per heavy atom. The molecule has 0 saturated carbocycles. The first-order chi connectivity index (χ1) is 14.5. The highest BCUT2D eigenvalue weighted by atomic mass is 79.9. The van der Waals surface area contributed by atoms with Crippen molar-refractivity contribution in [3.8, 4) is 11.5 Å². The van der Waals surface area contributed by atoms with E-state index < -0.39 is 6.17 Å². The van der Waals surface area contributed by atoms with Crippen molar-refractivity contribution in [3.05, 3.63) is 93.7 Å². The number of para-hydroxylation sites is 1. The molecular formula is C24H22BrFN2O2. The molecule has 0 fully saturated rings. The van der Waals surface area contributed by atoms with E-state index in [4.69, 9.17) is 9.73 Å². The first kappa shape index (κ1) is 20.6. The van der Waals surface area contributed by atoms with E-state index in [1.807, 2.05) is 49.4 Å². The molecule has 0 spiro atoms. The van der Waals surface area contributed by atoms with Crippen molar-refractivity contribution in [2.24, 2.45) is 4.99 Å². The molecule has 1 aliphatic heterocycles. The van der Waals surface area contributed by atoms with Crippen LogP contribution in [-0.4, -0.2) is 17.4 Å². The predicted molar refractivity (Wildman–Crippen MR) is 120 cm³/mol. The van der Waals surface area contributed by atoms with Crippen molar-refractivity contribution in [1.29, 1.82) is 0 Å². The molecule has 0 saturated heterocycles. The number of benzene rings is 3. The summed E-state index contributed by atoms with van der Waals surface area (Å²) in [4.78, 5) is 4.87. The molecule has 4 rings (SSSR count). The molecule has 0 bridgehead atoms. The maximum atomic E-state index is 13.9. The van der Waals surface area contributed by atoms with E-state index in [-0.39, 0.29) is 17.6 Å². The zero-order chi connectivity index (χ0) is 21.1. The molecule has 0 aliphatic carbocycles. The molecule has 3 aromatic carbocycles. The topological polar surface area (TPSA) is 53.8 Å². The highest BCUT2D eigenvalue weighted by Gasteiger charge is 2.28. The zero-order valence-corrected chi connectivity index (χ0v) is 18.1. The van der Waals surface area contributed by atoms with Crippen LogP contribution in [0.1, 0.15) is 42.2 Å². The summed E-state index contributed by atoms with van der Waals surface area (Å²) in [6, 6.07) is 19.6. The normalized spacial score (nSPS) is 18.7. The van der Waals surface area contributed by atoms with Gasteiger partial charge in [0.15, 0.2) is 11.5 Å². The monoisotopic (exact) mass is 468 g/mol. The van der Waals surface area contributed by atoms with Crippen LogP contribution < -0.4 is 10.1 Å². The second kappa shape index (κ2) is 8.98. The maximum Gasteiger partial charge on any atom is 0.162 e. The number of nitrogens with one attached hydrogen (secondary N) is 1. The van der Waals surface area contributed by atoms with Crippen LogP contribution in [0, 0.1) is 5.82 Å². The molecule has 1 heterocycles. The van der Waals surface area contributed by atoms with Gasteiger partial charge in [-0.1, -0.05) is 52.3 Å². The van der Waals surface area contributed by atoms with Gasteiger partial charge in [0.2, 0.25) is 0 Å². The number of hydrogen-bond donors (Lipinski definition) is 2. The number of nitrogens with zero attached hydrogens (tertiary/aromatic N) is 1. The van der Waals surface area contributed by atoms with Gasteiger partial charge < -0.3 is 9.84 Å². The zero-order valence-electron chi connectivity index (χ0n) is 16.5. The van der Waals surface area contributed by atoms with Gasteiger partial charge in [0, 0.05) is 28.2 Å². The van der Waals surface area contributed by atoms with Gasteiger partial charge in [-0.05, 0) is 48.4 Å². The number of phenols is 1. The molecule has 2 N–H and O–H groups in total. The molecule has 0 aromatic heterocycles. The number of aliphatic imine (C=N–C) groups is 1. The molecule has 2 atom stereocenters. The van der Waals surface area contributed by atoms with Gasteiger partial charge in [-0.3, -0.25) is 10.3 Å². The number of phenolic OH excluding ortho intramolecular Hbond substituents is 1. The minimum Gasteiger partial charge on any atom is -0.504 e. The molecule has 3 aromatic rings. The van der Waals surface area contributed by atoms with Gasteiger partial charge in [-0.15, -0.1) is 0 Å². The first-order valence-corrected chi connectivity index (χ1v) is 10.6. The average Bonchev–Trinajstić information content (AvgIpc) is 2.75. The Balaban J connectivity index is 1.77. The van der Waals surface area contributed by atoms with E-state index in [1.54, 1.807) is 12.1 Å². The van der Waals surface area contributed by atoms with Crippen molar-refractivity contribution in [2.75, 3.05) is 6.61 Å². The molecule has 1 aliphatic rings. The lowest BCUT2D eigenvalue weighted by atomic mass is 9.93. The summed E-state index contributed by atoms with van der Waals surface area (Å²) in [6.45, 7) is 2.34. The second-order valence-electron chi connectivity index (χ2n) is 7.09. The highest BCUT2D eigenvalue weighted by molar-refractivity contribution is 9.10. The second-order valence-corrected chi connectivity index (χ2v) is 8.01. The molecule has 6 heteroatoms. The van der Waals surface area contributed by atoms with Gasteiger partial charge in [0.1, 0.15) is 12.0 Å². The molecule has 0 amide bonds. The van der Waals surface area contributed by atoms with Gasteiger partial charge in [-0.2, -0.15) is 0 Å². The number of ether oxygens (including phenoxy) is 1. The minimum absolute atomic E-state index is 0.116. The van der Waals surface area contributed by atoms with Crippen LogP contribution in [0.5, 0.6) is 11.5 Å². The summed E-state index contributed by atoms with van der Waals surface area (Å²) in [5.41, 5.74) is 3.32. The number of halogens is 2. The highest BCUT2D eigenvalue weighted by Crippen LogP contribution is 2.39. The Kier molecular flexibility index (Phi) is 6.16. The van der Waals surface area contributed by atoms with Crippen LogP contribution in [0.25, 0.3) is 0 Å². The lowest BCUT2D eigenvalue weighted by Crippen LogP contribution is -2.33. The Labute approximate surface area is 183 Å². The summed E-state index contributed by atoms with van der Waals surface area (Å²) in [5, 5.41) is 14.3. The van der Waals surface area contributed by atoms with Crippen molar-refractivity contribution < 1.29 is 14.2 Å². The lowest BCUT2D eigenvalue weighted by Gasteiger charge is -2.31. The van der Waals surface area contributed by atoms with Gasteiger partial charge in [0.25, 0.3) is 0 Å². The molecular weight excluding hydrogens is 447 g/mol. The van der Waals surface area contributed by atoms with E-state index in [1.165, 1.54) is 12.1 Å². The Hall–Kier alpha value is -2.70. The Bertz CT molecular complexity index is 1090. The Morgan fingerprint density at radius 3 is 2.70 bits per heavy atom. The smallest absolute Gasteiger partial charge is 0.162 e. The number of aromatic hydroxyl groups is 1. The van der Waals surface area contributed by atoms with Crippen LogP contribution in [0.15, 0.2) is 76.2 Å². The maximum absolute atomic E-state index is 13.9. The third-order valence-corrected chi connectivity index (χ3v) is 5.56. The van der Waals surface area contributed by atoms with Crippen LogP contribution >= 0.6 is 15.9 Å². The van der Waals surface area contributed by atoms with E-state index in [0.717, 1.165) is 26.9 Å². The van der Waals surface area contributed by atoms with E-state index in [2.05, 4.69) is 21.2 Å². The predicted octanol–water partition coefficient (Wildman–Crippen LogP) is 5.92. The fourth-order valence-corrected chi connectivity index (χ4v) is 4.09. The van der Waals surface area contributed by atoms with Crippen molar-refractivity contribution in [3.63, 3.8) is 0 Å². The standard InChI is InChI=1S/C24H22BrFN2O2/c1-2-30-22-11-5-10-19(23(22)29)21-14-20(15-6-3-8-17(25)12-15)27-24(28-21)16-7-4-9-18(26)13-16/h3-13,21,24,28-29H,2,14H2,1H3/t21-,24-/m1/s1. The first-order valence-electron chi connectivity index (χ1n) is 9.84. The average molecular weight is 469 g/mol. The van der Waals surface area contributed by atoms with Crippen LogP contribution in [0.3, 0.4) is 0 Å². The van der Waals surface area contributed by atoms with Crippen LogP contribution in [-0.2, 0) is 0 Å². The summed E-state index contributed by atoms with van der Waals surface area (Å²) in [5.74, 6) is 0.257. The van der Waals surface area contributed by atoms with Crippen molar-refractivity contribution in [2.45, 2.75) is 25.6 Å². The lowest BCUT2D eigenvalue weighted by molar-refractivity contribution is 0.313. The van der Waals surface area contributed by atoms with Gasteiger partial charge in [0.05, 0.1) is 6.61 Å². The van der Waals surface area contributed by atoms with Crippen molar-refractivity contribution >= 4 is 21.6 Å². The Morgan fingerprint density at radius 2 is 1.93 bits per heavy atom. The summed E-state index contributed by atoms with van der Waals surface area (Å²) in [6.07, 6.45) is 0.134. The van der Waals surface area contributed by atoms with Crippen molar-refractivity contribution in [1.82, 2.24) is 5.32 Å². The van der Waals surface area contributed by atoms with Gasteiger partial charge >= 0.3 is 0 Å². The number of hydrogen-bond acceptors (Lipinski definition) is 4. The van der Waals surface area contributed by atoms with E-state index in [0.29, 0.717) is 18.8 Å². The summed E-state index contributed by atoms with van der Waals surface area (Å²) < 4.78 is 20.4. The quantitative estimate of drug-likeness (QED) is 0.488.